The minimum absolute atomic E-state index is 0.0964. The number of rotatable bonds is 8. The van der Waals surface area contributed by atoms with Gasteiger partial charge in [0.2, 0.25) is 0 Å². The second-order valence-corrected chi connectivity index (χ2v) is 5.37. The largest absolute Gasteiger partial charge is 0.481 e. The molecule has 0 aromatic heterocycles. The van der Waals surface area contributed by atoms with Gasteiger partial charge in [-0.25, -0.2) is 0 Å². The second kappa shape index (κ2) is 7.88. The summed E-state index contributed by atoms with van der Waals surface area (Å²) in [5, 5.41) is 33.9. The first kappa shape index (κ1) is 18.6. The van der Waals surface area contributed by atoms with Crippen LogP contribution in [0.1, 0.15) is 11.6 Å². The van der Waals surface area contributed by atoms with Crippen molar-refractivity contribution in [2.45, 2.75) is 6.04 Å². The fraction of sp³-hybridized carbons (Fsp3) is 0.118. The number of nitrogens with zero attached hydrogens (tertiary/aromatic N) is 2. The van der Waals surface area contributed by atoms with Gasteiger partial charge < -0.3 is 10.4 Å². The summed E-state index contributed by atoms with van der Waals surface area (Å²) in [7, 11) is 0. The lowest BCUT2D eigenvalue weighted by molar-refractivity contribution is -0.385. The Morgan fingerprint density at radius 1 is 1.00 bits per heavy atom. The Morgan fingerprint density at radius 2 is 1.46 bits per heavy atom. The van der Waals surface area contributed by atoms with Crippen molar-refractivity contribution >= 4 is 23.0 Å². The van der Waals surface area contributed by atoms with Gasteiger partial charge in [-0.3, -0.25) is 25.0 Å². The molecule has 0 aliphatic carbocycles. The SMILES string of the molecule is C=C[C@H](C(=O)O)[C@@H](Nc1ccc([N+](=O)[O-])cc1)c1ccc([N+](=O)[O-])cc1. The number of carboxylic acid groups (broad SMARTS) is 1. The molecular formula is C17H15N3O6. The van der Waals surface area contributed by atoms with E-state index in [1.165, 1.54) is 54.6 Å². The number of carboxylic acids is 1. The Balaban J connectivity index is 2.37. The molecule has 0 aliphatic heterocycles. The number of carbonyl (C=O) groups is 1. The molecule has 26 heavy (non-hydrogen) atoms. The summed E-state index contributed by atoms with van der Waals surface area (Å²) in [5.41, 5.74) is 0.752. The predicted octanol–water partition coefficient (Wildman–Crippen LogP) is 3.54. The zero-order chi connectivity index (χ0) is 19.3. The lowest BCUT2D eigenvalue weighted by Gasteiger charge is -2.24. The molecule has 2 rings (SSSR count). The fourth-order valence-electron chi connectivity index (χ4n) is 2.42. The van der Waals surface area contributed by atoms with E-state index in [0.29, 0.717) is 11.3 Å². The lowest BCUT2D eigenvalue weighted by atomic mass is 9.92. The molecule has 0 spiro atoms. The third-order valence-electron chi connectivity index (χ3n) is 3.76. The van der Waals surface area contributed by atoms with E-state index in [1.807, 2.05) is 0 Å². The highest BCUT2D eigenvalue weighted by Crippen LogP contribution is 2.30. The molecule has 2 aromatic carbocycles. The normalized spacial score (nSPS) is 12.6. The number of aliphatic carboxylic acids is 1. The smallest absolute Gasteiger partial charge is 0.312 e. The van der Waals surface area contributed by atoms with Gasteiger partial charge in [0.05, 0.1) is 21.8 Å². The molecule has 9 nitrogen and oxygen atoms in total. The van der Waals surface area contributed by atoms with E-state index in [2.05, 4.69) is 11.9 Å². The number of nitro groups is 2. The number of nitrogens with one attached hydrogen (secondary N) is 1. The first-order valence-electron chi connectivity index (χ1n) is 7.44. The van der Waals surface area contributed by atoms with Crippen LogP contribution in [0.4, 0.5) is 17.1 Å². The van der Waals surface area contributed by atoms with Crippen molar-refractivity contribution in [1.82, 2.24) is 0 Å². The number of non-ortho nitro benzene ring substituents is 2. The van der Waals surface area contributed by atoms with Gasteiger partial charge in [0, 0.05) is 30.0 Å². The average molecular weight is 357 g/mol. The maximum absolute atomic E-state index is 11.5. The molecule has 2 aromatic rings. The van der Waals surface area contributed by atoms with Crippen LogP contribution in [0.5, 0.6) is 0 Å². The number of hydrogen-bond donors (Lipinski definition) is 2. The van der Waals surface area contributed by atoms with Crippen LogP contribution in [-0.4, -0.2) is 20.9 Å². The zero-order valence-corrected chi connectivity index (χ0v) is 13.4. The Bertz CT molecular complexity index is 833. The first-order valence-corrected chi connectivity index (χ1v) is 7.44. The summed E-state index contributed by atoms with van der Waals surface area (Å²) in [5.74, 6) is -2.15. The van der Waals surface area contributed by atoms with Crippen molar-refractivity contribution in [3.63, 3.8) is 0 Å². The highest BCUT2D eigenvalue weighted by Gasteiger charge is 2.27. The van der Waals surface area contributed by atoms with Gasteiger partial charge in [0.1, 0.15) is 0 Å². The summed E-state index contributed by atoms with van der Waals surface area (Å²) in [6, 6.07) is 10.2. The van der Waals surface area contributed by atoms with Crippen molar-refractivity contribution in [1.29, 1.82) is 0 Å². The second-order valence-electron chi connectivity index (χ2n) is 5.37. The summed E-state index contributed by atoms with van der Waals surface area (Å²) < 4.78 is 0. The van der Waals surface area contributed by atoms with E-state index in [9.17, 15) is 30.1 Å². The van der Waals surface area contributed by atoms with Crippen molar-refractivity contribution in [2.75, 3.05) is 5.32 Å². The molecular weight excluding hydrogens is 342 g/mol. The summed E-state index contributed by atoms with van der Waals surface area (Å²) in [6.07, 6.45) is 1.26. The third kappa shape index (κ3) is 4.20. The molecule has 0 aliphatic rings. The minimum atomic E-state index is -1.13. The molecule has 0 unspecified atom stereocenters. The van der Waals surface area contributed by atoms with Crippen molar-refractivity contribution < 1.29 is 19.7 Å². The maximum Gasteiger partial charge on any atom is 0.312 e. The Labute approximate surface area is 147 Å². The van der Waals surface area contributed by atoms with Crippen LogP contribution < -0.4 is 5.32 Å². The minimum Gasteiger partial charge on any atom is -0.481 e. The van der Waals surface area contributed by atoms with Gasteiger partial charge in [-0.2, -0.15) is 0 Å². The third-order valence-corrected chi connectivity index (χ3v) is 3.76. The standard InChI is InChI=1S/C17H15N3O6/c1-2-15(17(21)22)16(11-3-7-13(8-4-11)19(23)24)18-12-5-9-14(10-6-12)20(25)26/h2-10,15-16,18H,1H2,(H,21,22)/t15-,16-/m0/s1. The molecule has 0 saturated heterocycles. The molecule has 134 valence electrons. The first-order chi connectivity index (χ1) is 12.3. The number of benzene rings is 2. The van der Waals surface area contributed by atoms with Crippen LogP contribution in [0.25, 0.3) is 0 Å². The summed E-state index contributed by atoms with van der Waals surface area (Å²) >= 11 is 0. The van der Waals surface area contributed by atoms with E-state index in [1.54, 1.807) is 0 Å². The monoisotopic (exact) mass is 357 g/mol. The van der Waals surface area contributed by atoms with Crippen molar-refractivity contribution in [2.24, 2.45) is 5.92 Å². The van der Waals surface area contributed by atoms with Gasteiger partial charge in [-0.15, -0.1) is 6.58 Å². The van der Waals surface area contributed by atoms with Gasteiger partial charge in [0.15, 0.2) is 0 Å². The van der Waals surface area contributed by atoms with E-state index in [4.69, 9.17) is 0 Å². The van der Waals surface area contributed by atoms with E-state index < -0.39 is 27.8 Å². The highest BCUT2D eigenvalue weighted by atomic mass is 16.6. The summed E-state index contributed by atoms with van der Waals surface area (Å²) in [6.45, 7) is 3.54. The number of anilines is 1. The zero-order valence-electron chi connectivity index (χ0n) is 13.4. The molecule has 0 saturated carbocycles. The van der Waals surface area contributed by atoms with Gasteiger partial charge in [-0.05, 0) is 17.7 Å². The molecule has 2 N–H and O–H groups in total. The molecule has 0 bridgehead atoms. The Morgan fingerprint density at radius 3 is 1.85 bits per heavy atom. The molecule has 0 radical (unpaired) electrons. The average Bonchev–Trinajstić information content (AvgIpc) is 2.61. The van der Waals surface area contributed by atoms with E-state index in [-0.39, 0.29) is 11.4 Å². The van der Waals surface area contributed by atoms with Gasteiger partial charge in [0.25, 0.3) is 11.4 Å². The fourth-order valence-corrected chi connectivity index (χ4v) is 2.42. The lowest BCUT2D eigenvalue weighted by Crippen LogP contribution is -2.26. The van der Waals surface area contributed by atoms with E-state index >= 15 is 0 Å². The topological polar surface area (TPSA) is 136 Å². The quantitative estimate of drug-likeness (QED) is 0.419. The Hall–Kier alpha value is -3.75. The van der Waals surface area contributed by atoms with Gasteiger partial charge in [-0.1, -0.05) is 18.2 Å². The summed E-state index contributed by atoms with van der Waals surface area (Å²) in [4.78, 5) is 32.0. The molecule has 2 atom stereocenters. The maximum atomic E-state index is 11.5. The molecule has 0 amide bonds. The number of hydrogen-bond acceptors (Lipinski definition) is 6. The van der Waals surface area contributed by atoms with Crippen molar-refractivity contribution in [3.05, 3.63) is 87.0 Å². The Kier molecular flexibility index (Phi) is 5.63. The number of nitro benzene ring substituents is 2. The van der Waals surface area contributed by atoms with Crippen LogP contribution in [0.15, 0.2) is 61.2 Å². The van der Waals surface area contributed by atoms with Crippen molar-refractivity contribution in [3.8, 4) is 0 Å². The van der Waals surface area contributed by atoms with Crippen LogP contribution in [0, 0.1) is 26.1 Å². The van der Waals surface area contributed by atoms with Crippen LogP contribution in [-0.2, 0) is 4.79 Å². The van der Waals surface area contributed by atoms with Gasteiger partial charge >= 0.3 is 5.97 Å². The van der Waals surface area contributed by atoms with Crippen LogP contribution in [0.3, 0.4) is 0 Å². The molecule has 0 fully saturated rings. The van der Waals surface area contributed by atoms with Crippen LogP contribution >= 0.6 is 0 Å². The van der Waals surface area contributed by atoms with Crippen LogP contribution in [0.2, 0.25) is 0 Å². The molecule has 9 heteroatoms. The highest BCUT2D eigenvalue weighted by molar-refractivity contribution is 5.74. The predicted molar refractivity (Wildman–Crippen MR) is 93.9 cm³/mol. The van der Waals surface area contributed by atoms with E-state index in [0.717, 1.165) is 0 Å². The molecule has 0 heterocycles.